The van der Waals surface area contributed by atoms with Gasteiger partial charge in [-0.3, -0.25) is 14.4 Å². The molecule has 188 valence electrons. The molecule has 2 aliphatic carbocycles. The van der Waals surface area contributed by atoms with Crippen LogP contribution in [0.5, 0.6) is 0 Å². The molecule has 7 nitrogen and oxygen atoms in total. The predicted octanol–water partition coefficient (Wildman–Crippen LogP) is 3.34. The Labute approximate surface area is 207 Å². The Kier molecular flexibility index (Phi) is 8.81. The second-order valence-corrected chi connectivity index (χ2v) is 10.3. The molecule has 0 radical (unpaired) electrons. The topological polar surface area (TPSA) is 108 Å². The van der Waals surface area contributed by atoms with Crippen LogP contribution in [-0.2, 0) is 19.1 Å². The molecule has 1 saturated carbocycles. The monoisotopic (exact) mass is 480 g/mol. The number of ether oxygens (including phenoxy) is 1. The van der Waals surface area contributed by atoms with Crippen molar-refractivity contribution in [3.05, 3.63) is 72.5 Å². The van der Waals surface area contributed by atoms with Gasteiger partial charge in [-0.25, -0.2) is 0 Å². The largest absolute Gasteiger partial charge is 0.379 e. The van der Waals surface area contributed by atoms with E-state index in [2.05, 4.69) is 16.7 Å². The maximum absolute atomic E-state index is 12.5. The number of epoxide rings is 1. The second kappa shape index (κ2) is 11.6. The quantitative estimate of drug-likeness (QED) is 0.281. The van der Waals surface area contributed by atoms with Crippen molar-refractivity contribution in [3.63, 3.8) is 0 Å². The highest BCUT2D eigenvalue weighted by Gasteiger charge is 2.59. The third-order valence-corrected chi connectivity index (χ3v) is 5.94. The third kappa shape index (κ3) is 8.30. The minimum Gasteiger partial charge on any atom is -0.379 e. The molecule has 35 heavy (non-hydrogen) atoms. The van der Waals surface area contributed by atoms with Gasteiger partial charge in [0.2, 0.25) is 17.6 Å². The number of ketones is 1. The zero-order valence-electron chi connectivity index (χ0n) is 20.7. The molecule has 0 spiro atoms. The van der Waals surface area contributed by atoms with E-state index in [0.29, 0.717) is 5.92 Å². The summed E-state index contributed by atoms with van der Waals surface area (Å²) in [6.07, 6.45) is 22.5. The first kappa shape index (κ1) is 26.6. The molecule has 0 aromatic carbocycles. The highest BCUT2D eigenvalue weighted by atomic mass is 16.6. The molecule has 2 fully saturated rings. The van der Waals surface area contributed by atoms with Gasteiger partial charge >= 0.3 is 0 Å². The minimum atomic E-state index is -1.52. The second-order valence-electron chi connectivity index (χ2n) is 10.3. The summed E-state index contributed by atoms with van der Waals surface area (Å²) >= 11 is 0. The summed E-state index contributed by atoms with van der Waals surface area (Å²) in [6, 6.07) is 0. The molecule has 0 aromatic rings. The molecular weight excluding hydrogens is 444 g/mol. The van der Waals surface area contributed by atoms with Gasteiger partial charge in [-0.15, -0.1) is 0 Å². The highest BCUT2D eigenvalue weighted by Crippen LogP contribution is 2.40. The Hall–Kier alpha value is -3.03. The molecule has 3 atom stereocenters. The fourth-order valence-electron chi connectivity index (χ4n) is 4.20. The van der Waals surface area contributed by atoms with Crippen LogP contribution in [0.1, 0.15) is 52.9 Å². The Bertz CT molecular complexity index is 989. The number of allylic oxidation sites excluding steroid dienone is 7. The lowest BCUT2D eigenvalue weighted by Crippen LogP contribution is -2.42. The molecule has 2 amide bonds. The van der Waals surface area contributed by atoms with E-state index < -0.39 is 23.7 Å². The van der Waals surface area contributed by atoms with Crippen molar-refractivity contribution < 1.29 is 24.2 Å². The number of carbonyl (C=O) groups excluding carboxylic acids is 3. The number of hydrogen-bond acceptors (Lipinski definition) is 5. The lowest BCUT2D eigenvalue weighted by Gasteiger charge is -2.23. The Morgan fingerprint density at radius 3 is 2.37 bits per heavy atom. The van der Waals surface area contributed by atoms with Gasteiger partial charge in [-0.2, -0.15) is 0 Å². The van der Waals surface area contributed by atoms with Crippen molar-refractivity contribution >= 4 is 17.6 Å². The van der Waals surface area contributed by atoms with Gasteiger partial charge in [0.25, 0.3) is 0 Å². The van der Waals surface area contributed by atoms with Gasteiger partial charge in [-0.1, -0.05) is 61.8 Å². The van der Waals surface area contributed by atoms with E-state index in [9.17, 15) is 19.5 Å². The van der Waals surface area contributed by atoms with Gasteiger partial charge in [0.15, 0.2) is 6.10 Å². The van der Waals surface area contributed by atoms with Gasteiger partial charge in [0, 0.05) is 17.7 Å². The number of carbonyl (C=O) groups is 3. The van der Waals surface area contributed by atoms with Crippen LogP contribution in [0.25, 0.3) is 0 Å². The van der Waals surface area contributed by atoms with Crippen molar-refractivity contribution in [3.8, 4) is 0 Å². The molecule has 1 saturated heterocycles. The smallest absolute Gasteiger partial charge is 0.248 e. The van der Waals surface area contributed by atoms with Crippen LogP contribution in [-0.4, -0.2) is 46.1 Å². The van der Waals surface area contributed by atoms with E-state index in [4.69, 9.17) is 4.74 Å². The van der Waals surface area contributed by atoms with Crippen LogP contribution in [0.4, 0.5) is 0 Å². The number of amides is 2. The summed E-state index contributed by atoms with van der Waals surface area (Å²) < 4.78 is 5.36. The number of hydrogen-bond donors (Lipinski definition) is 3. The van der Waals surface area contributed by atoms with Crippen LogP contribution in [0.3, 0.4) is 0 Å². The lowest BCUT2D eigenvalue weighted by atomic mass is 9.88. The van der Waals surface area contributed by atoms with Gasteiger partial charge < -0.3 is 20.5 Å². The highest BCUT2D eigenvalue weighted by molar-refractivity contribution is 6.06. The standard InChI is InChI=1S/C28H36N2O5/c1-27(2,3)30-23(32)17-9-4-5-12-18-28(34)19-21(24(33)25-26(28)35-25)29-22(31)16-11-10-15-20-13-7-6-8-14-20/h4-5,9-12,15-20,25-26,34H,6-8,13-14H2,1-3H3,(H,29,31)(H,30,32)/b5-4+,15-10+,16-11+,17-9+,18-12+/t25-,26-,28+/m0/s1. The zero-order chi connectivity index (χ0) is 25.5. The van der Waals surface area contributed by atoms with E-state index in [1.54, 1.807) is 30.4 Å². The van der Waals surface area contributed by atoms with Crippen LogP contribution >= 0.6 is 0 Å². The Morgan fingerprint density at radius 2 is 1.66 bits per heavy atom. The molecule has 7 heteroatoms. The van der Waals surface area contributed by atoms with E-state index in [0.717, 1.165) is 0 Å². The fraction of sp³-hybridized carbons (Fsp3) is 0.464. The summed E-state index contributed by atoms with van der Waals surface area (Å²) in [5.74, 6) is -0.431. The third-order valence-electron chi connectivity index (χ3n) is 5.94. The van der Waals surface area contributed by atoms with Crippen LogP contribution in [0.2, 0.25) is 0 Å². The van der Waals surface area contributed by atoms with Crippen molar-refractivity contribution in [2.45, 2.75) is 76.2 Å². The number of aliphatic hydroxyl groups is 1. The molecule has 0 unspecified atom stereocenters. The maximum Gasteiger partial charge on any atom is 0.248 e. The van der Waals surface area contributed by atoms with Crippen LogP contribution < -0.4 is 10.6 Å². The number of nitrogens with one attached hydrogen (secondary N) is 2. The zero-order valence-corrected chi connectivity index (χ0v) is 20.7. The Morgan fingerprint density at radius 1 is 1.00 bits per heavy atom. The molecule has 3 N–H and O–H groups in total. The number of rotatable bonds is 8. The molecule has 3 aliphatic rings. The molecule has 3 rings (SSSR count). The fourth-order valence-corrected chi connectivity index (χ4v) is 4.20. The summed E-state index contributed by atoms with van der Waals surface area (Å²) in [5.41, 5.74) is -1.82. The van der Waals surface area contributed by atoms with E-state index >= 15 is 0 Å². The SMILES string of the molecule is CC(C)(C)NC(=O)/C=C/C=C/C=C/[C@@]1(O)C=C(NC(=O)/C=C/C=C/C2CCCCC2)C(=O)[C@@H]2O[C@@H]21. The maximum atomic E-state index is 12.5. The van der Waals surface area contributed by atoms with E-state index in [-0.39, 0.29) is 22.9 Å². The molecule has 1 heterocycles. The van der Waals surface area contributed by atoms with Crippen LogP contribution in [0.15, 0.2) is 72.5 Å². The summed E-state index contributed by atoms with van der Waals surface area (Å²) in [4.78, 5) is 36.5. The molecule has 0 aromatic heterocycles. The Balaban J connectivity index is 1.55. The predicted molar refractivity (Wildman–Crippen MR) is 135 cm³/mol. The van der Waals surface area contributed by atoms with E-state index in [1.165, 1.54) is 56.4 Å². The average molecular weight is 481 g/mol. The van der Waals surface area contributed by atoms with Gasteiger partial charge in [-0.05, 0) is 51.7 Å². The molecule has 1 aliphatic heterocycles. The van der Waals surface area contributed by atoms with Gasteiger partial charge in [0.1, 0.15) is 11.7 Å². The lowest BCUT2D eigenvalue weighted by molar-refractivity contribution is -0.121. The molecule has 0 bridgehead atoms. The van der Waals surface area contributed by atoms with Crippen molar-refractivity contribution in [2.75, 3.05) is 0 Å². The first-order chi connectivity index (χ1) is 16.6. The van der Waals surface area contributed by atoms with Gasteiger partial charge in [0.05, 0.1) is 5.70 Å². The summed E-state index contributed by atoms with van der Waals surface area (Å²) in [5, 5.41) is 16.4. The number of fused-ring (bicyclic) bond motifs is 1. The minimum absolute atomic E-state index is 0.0181. The first-order valence-corrected chi connectivity index (χ1v) is 12.2. The number of Topliss-reactive ketones (excluding diaryl/α,β-unsaturated/α-hetero) is 1. The summed E-state index contributed by atoms with van der Waals surface area (Å²) in [6.45, 7) is 5.70. The van der Waals surface area contributed by atoms with E-state index in [1.807, 2.05) is 26.8 Å². The van der Waals surface area contributed by atoms with Crippen molar-refractivity contribution in [2.24, 2.45) is 5.92 Å². The molecular formula is C28H36N2O5. The van der Waals surface area contributed by atoms with Crippen LogP contribution in [0, 0.1) is 5.92 Å². The first-order valence-electron chi connectivity index (χ1n) is 12.2. The van der Waals surface area contributed by atoms with Crippen molar-refractivity contribution in [1.29, 1.82) is 0 Å². The average Bonchev–Trinajstić information content (AvgIpc) is 3.59. The van der Waals surface area contributed by atoms with Crippen molar-refractivity contribution in [1.82, 2.24) is 10.6 Å². The summed E-state index contributed by atoms with van der Waals surface area (Å²) in [7, 11) is 0. The normalized spacial score (nSPS) is 27.8.